The molecular weight excluding hydrogens is 248 g/mol. The van der Waals surface area contributed by atoms with Gasteiger partial charge in [-0.2, -0.15) is 0 Å². The van der Waals surface area contributed by atoms with E-state index in [0.29, 0.717) is 5.75 Å². The molecule has 0 heterocycles. The van der Waals surface area contributed by atoms with Crippen molar-refractivity contribution in [3.63, 3.8) is 0 Å². The molecule has 1 radical (unpaired) electrons. The van der Waals surface area contributed by atoms with Crippen molar-refractivity contribution in [1.82, 2.24) is 0 Å². The second kappa shape index (κ2) is 5.22. The molecule has 0 aliphatic heterocycles. The average Bonchev–Trinajstić information content (AvgIpc) is 2.39. The minimum absolute atomic E-state index is 0.241. The number of carboxylic acids is 2. The summed E-state index contributed by atoms with van der Waals surface area (Å²) in [4.78, 5) is 21.9. The van der Waals surface area contributed by atoms with Crippen molar-refractivity contribution >= 4 is 11.9 Å². The highest BCUT2D eigenvalue weighted by atomic mass is 16.5. The van der Waals surface area contributed by atoms with E-state index in [0.717, 1.165) is 0 Å². The Hall–Kier alpha value is -2.82. The summed E-state index contributed by atoms with van der Waals surface area (Å²) in [5.41, 5.74) is -0.599. The highest BCUT2D eigenvalue weighted by molar-refractivity contribution is 6.02. The van der Waals surface area contributed by atoms with Crippen LogP contribution in [-0.4, -0.2) is 22.2 Å². The molecule has 0 fully saturated rings. The summed E-state index contributed by atoms with van der Waals surface area (Å²) in [6.45, 7) is 0. The van der Waals surface area contributed by atoms with Gasteiger partial charge in [-0.05, 0) is 24.3 Å². The second-order valence-electron chi connectivity index (χ2n) is 3.65. The zero-order valence-corrected chi connectivity index (χ0v) is 9.66. The predicted octanol–water partition coefficient (Wildman–Crippen LogP) is 2.68. The molecule has 2 N–H and O–H groups in total. The Bertz CT molecular complexity index is 619. The number of carbonyl (C=O) groups is 2. The Morgan fingerprint density at radius 3 is 2.32 bits per heavy atom. The standard InChI is InChI=1S/C14H9O5/c15-13(16)11-7-6-10(8-12(11)14(17)18)19-9-4-2-1-3-5-9/h1-4,6-8H,(H,15,16)(H,17,18). The molecule has 2 aromatic rings. The Kier molecular flexibility index (Phi) is 3.47. The summed E-state index contributed by atoms with van der Waals surface area (Å²) in [6, 6.07) is 13.4. The molecule has 2 aromatic carbocycles. The van der Waals surface area contributed by atoms with Crippen LogP contribution in [-0.2, 0) is 0 Å². The lowest BCUT2D eigenvalue weighted by Gasteiger charge is -2.07. The van der Waals surface area contributed by atoms with Gasteiger partial charge in [0.15, 0.2) is 0 Å². The summed E-state index contributed by atoms with van der Waals surface area (Å²) < 4.78 is 5.39. The van der Waals surface area contributed by atoms with Gasteiger partial charge in [-0.15, -0.1) is 0 Å². The van der Waals surface area contributed by atoms with Crippen LogP contribution < -0.4 is 4.74 Å². The fourth-order valence-corrected chi connectivity index (χ4v) is 1.52. The van der Waals surface area contributed by atoms with Crippen molar-refractivity contribution in [3.8, 4) is 11.5 Å². The Morgan fingerprint density at radius 2 is 1.74 bits per heavy atom. The van der Waals surface area contributed by atoms with Crippen LogP contribution in [0.3, 0.4) is 0 Å². The lowest BCUT2D eigenvalue weighted by atomic mass is 10.1. The summed E-state index contributed by atoms with van der Waals surface area (Å²) in [5.74, 6) is -1.96. The van der Waals surface area contributed by atoms with Crippen LogP contribution in [0.4, 0.5) is 0 Å². The van der Waals surface area contributed by atoms with Crippen molar-refractivity contribution in [2.45, 2.75) is 0 Å². The molecule has 0 aliphatic carbocycles. The zero-order valence-electron chi connectivity index (χ0n) is 9.66. The Morgan fingerprint density at radius 1 is 1.00 bits per heavy atom. The van der Waals surface area contributed by atoms with Gasteiger partial charge in [-0.25, -0.2) is 9.59 Å². The summed E-state index contributed by atoms with van der Waals surface area (Å²) in [5, 5.41) is 17.9. The molecule has 0 unspecified atom stereocenters. The number of para-hydroxylation sites is 1. The van der Waals surface area contributed by atoms with Crippen molar-refractivity contribution in [2.75, 3.05) is 0 Å². The maximum absolute atomic E-state index is 11.0. The number of hydrogen-bond acceptors (Lipinski definition) is 3. The first-order valence-electron chi connectivity index (χ1n) is 5.33. The zero-order chi connectivity index (χ0) is 13.8. The van der Waals surface area contributed by atoms with Crippen molar-refractivity contribution in [3.05, 3.63) is 59.7 Å². The van der Waals surface area contributed by atoms with Gasteiger partial charge in [0.1, 0.15) is 11.5 Å². The predicted molar refractivity (Wildman–Crippen MR) is 65.7 cm³/mol. The topological polar surface area (TPSA) is 83.8 Å². The smallest absolute Gasteiger partial charge is 0.336 e. The summed E-state index contributed by atoms with van der Waals surface area (Å²) >= 11 is 0. The average molecular weight is 257 g/mol. The molecule has 19 heavy (non-hydrogen) atoms. The van der Waals surface area contributed by atoms with Crippen molar-refractivity contribution < 1.29 is 24.5 Å². The Labute approximate surface area is 108 Å². The maximum Gasteiger partial charge on any atom is 0.336 e. The first-order chi connectivity index (χ1) is 9.08. The van der Waals surface area contributed by atoms with E-state index in [9.17, 15) is 9.59 Å². The third-order valence-corrected chi connectivity index (χ3v) is 2.36. The van der Waals surface area contributed by atoms with Crippen LogP contribution in [0.25, 0.3) is 0 Å². The molecule has 0 amide bonds. The number of aromatic carboxylic acids is 2. The van der Waals surface area contributed by atoms with Crippen LogP contribution in [0.15, 0.2) is 42.5 Å². The number of rotatable bonds is 4. The first-order valence-corrected chi connectivity index (χ1v) is 5.33. The summed E-state index contributed by atoms with van der Waals surface area (Å²) in [7, 11) is 0. The van der Waals surface area contributed by atoms with E-state index in [2.05, 4.69) is 6.07 Å². The third kappa shape index (κ3) is 2.90. The molecule has 0 bridgehead atoms. The fraction of sp³-hybridized carbons (Fsp3) is 0. The van der Waals surface area contributed by atoms with E-state index in [1.807, 2.05) is 0 Å². The van der Waals surface area contributed by atoms with Crippen LogP contribution in [0.2, 0.25) is 0 Å². The number of benzene rings is 2. The molecule has 0 atom stereocenters. The molecular formula is C14H9O5. The van der Waals surface area contributed by atoms with E-state index >= 15 is 0 Å². The number of carboxylic acid groups (broad SMARTS) is 2. The summed E-state index contributed by atoms with van der Waals surface area (Å²) in [6.07, 6.45) is 0. The molecule has 5 nitrogen and oxygen atoms in total. The maximum atomic E-state index is 11.0. The second-order valence-corrected chi connectivity index (χ2v) is 3.65. The minimum atomic E-state index is -1.32. The lowest BCUT2D eigenvalue weighted by molar-refractivity contribution is 0.0651. The van der Waals surface area contributed by atoms with Crippen molar-refractivity contribution in [1.29, 1.82) is 0 Å². The van der Waals surface area contributed by atoms with Gasteiger partial charge in [0.05, 0.1) is 11.1 Å². The van der Waals surface area contributed by atoms with E-state index in [-0.39, 0.29) is 16.9 Å². The molecule has 2 rings (SSSR count). The van der Waals surface area contributed by atoms with Gasteiger partial charge >= 0.3 is 11.9 Å². The molecule has 0 aromatic heterocycles. The third-order valence-electron chi connectivity index (χ3n) is 2.36. The molecule has 0 saturated heterocycles. The van der Waals surface area contributed by atoms with Crippen LogP contribution >= 0.6 is 0 Å². The van der Waals surface area contributed by atoms with Crippen LogP contribution in [0.5, 0.6) is 11.5 Å². The van der Waals surface area contributed by atoms with Gasteiger partial charge in [-0.3, -0.25) is 0 Å². The van der Waals surface area contributed by atoms with Gasteiger partial charge in [0, 0.05) is 6.07 Å². The van der Waals surface area contributed by atoms with Crippen LogP contribution in [0, 0.1) is 6.07 Å². The quantitative estimate of drug-likeness (QED) is 0.879. The lowest BCUT2D eigenvalue weighted by Crippen LogP contribution is -2.07. The highest BCUT2D eigenvalue weighted by Crippen LogP contribution is 2.23. The van der Waals surface area contributed by atoms with Gasteiger partial charge < -0.3 is 14.9 Å². The minimum Gasteiger partial charge on any atom is -0.478 e. The fourth-order valence-electron chi connectivity index (χ4n) is 1.52. The van der Waals surface area contributed by atoms with Gasteiger partial charge in [-0.1, -0.05) is 18.2 Å². The van der Waals surface area contributed by atoms with E-state index in [1.165, 1.54) is 18.2 Å². The monoisotopic (exact) mass is 257 g/mol. The normalized spacial score (nSPS) is 9.89. The number of hydrogen-bond donors (Lipinski definition) is 2. The number of ether oxygens (including phenoxy) is 1. The SMILES string of the molecule is O=C(O)c1ccc(Oc2[c]cccc2)cc1C(=O)O. The van der Waals surface area contributed by atoms with E-state index < -0.39 is 11.9 Å². The molecule has 5 heteroatoms. The molecule has 95 valence electrons. The Balaban J connectivity index is 2.36. The molecule has 0 saturated carbocycles. The van der Waals surface area contributed by atoms with E-state index in [1.54, 1.807) is 24.3 Å². The van der Waals surface area contributed by atoms with Crippen molar-refractivity contribution in [2.24, 2.45) is 0 Å². The first kappa shape index (κ1) is 12.6. The molecule has 0 aliphatic rings. The van der Waals surface area contributed by atoms with Gasteiger partial charge in [0.25, 0.3) is 0 Å². The largest absolute Gasteiger partial charge is 0.478 e. The molecule has 0 spiro atoms. The van der Waals surface area contributed by atoms with Crippen LogP contribution in [0.1, 0.15) is 20.7 Å². The highest BCUT2D eigenvalue weighted by Gasteiger charge is 2.16. The van der Waals surface area contributed by atoms with Gasteiger partial charge in [0.2, 0.25) is 0 Å². The van der Waals surface area contributed by atoms with E-state index in [4.69, 9.17) is 14.9 Å².